The van der Waals surface area contributed by atoms with Gasteiger partial charge in [-0.3, -0.25) is 14.9 Å². The number of aromatic nitrogens is 1. The van der Waals surface area contributed by atoms with Gasteiger partial charge in [-0.25, -0.2) is 0 Å². The summed E-state index contributed by atoms with van der Waals surface area (Å²) in [6.45, 7) is 0.564. The number of halogens is 1. The van der Waals surface area contributed by atoms with Crippen molar-refractivity contribution in [1.82, 2.24) is 10.3 Å². The van der Waals surface area contributed by atoms with E-state index in [0.717, 1.165) is 19.3 Å². The summed E-state index contributed by atoms with van der Waals surface area (Å²) in [5, 5.41) is 13.4. The third kappa shape index (κ3) is 3.01. The van der Waals surface area contributed by atoms with Gasteiger partial charge in [0.15, 0.2) is 0 Å². The minimum Gasteiger partial charge on any atom is -0.351 e. The summed E-state index contributed by atoms with van der Waals surface area (Å²) in [4.78, 5) is 24.3. The molecule has 0 aromatic carbocycles. The number of aromatic amines is 1. The third-order valence-corrected chi connectivity index (χ3v) is 3.55. The summed E-state index contributed by atoms with van der Waals surface area (Å²) in [6.07, 6.45) is 4.11. The van der Waals surface area contributed by atoms with Crippen molar-refractivity contribution in [1.29, 1.82) is 0 Å². The molecule has 2 N–H and O–H groups in total. The predicted octanol–water partition coefficient (Wildman–Crippen LogP) is 2.06. The first-order chi connectivity index (χ1) is 8.56. The van der Waals surface area contributed by atoms with Crippen LogP contribution in [0.25, 0.3) is 0 Å². The summed E-state index contributed by atoms with van der Waals surface area (Å²) in [7, 11) is 0. The number of nitro groups is 1. The third-order valence-electron chi connectivity index (χ3n) is 3.15. The lowest BCUT2D eigenvalue weighted by molar-refractivity contribution is -0.384. The maximum atomic E-state index is 11.7. The quantitative estimate of drug-likeness (QED) is 0.499. The molecule has 0 spiro atoms. The standard InChI is InChI=1S/C11H14ClN3O3/c12-8-2-1-7(3-8)5-14-11(16)10-4-9(6-13-10)15(17)18/h4,6-8,13H,1-3,5H2,(H,14,16). The van der Waals surface area contributed by atoms with E-state index < -0.39 is 4.92 Å². The summed E-state index contributed by atoms with van der Waals surface area (Å²) < 4.78 is 0. The van der Waals surface area contributed by atoms with Crippen LogP contribution in [0.15, 0.2) is 12.3 Å². The number of carbonyl (C=O) groups is 1. The average Bonchev–Trinajstić information content (AvgIpc) is 2.94. The van der Waals surface area contributed by atoms with Gasteiger partial charge in [-0.15, -0.1) is 11.6 Å². The lowest BCUT2D eigenvalue weighted by atomic mass is 10.1. The van der Waals surface area contributed by atoms with E-state index in [-0.39, 0.29) is 22.7 Å². The molecule has 18 heavy (non-hydrogen) atoms. The van der Waals surface area contributed by atoms with Crippen LogP contribution in [0.3, 0.4) is 0 Å². The lowest BCUT2D eigenvalue weighted by Crippen LogP contribution is -2.28. The normalized spacial score (nSPS) is 22.9. The SMILES string of the molecule is O=C(NCC1CCC(Cl)C1)c1cc([N+](=O)[O-])c[nH]1. The Balaban J connectivity index is 1.85. The molecule has 1 amide bonds. The first-order valence-electron chi connectivity index (χ1n) is 5.81. The molecule has 0 bridgehead atoms. The van der Waals surface area contributed by atoms with Gasteiger partial charge in [0.05, 0.1) is 11.1 Å². The Morgan fingerprint density at radius 1 is 1.61 bits per heavy atom. The number of hydrogen-bond acceptors (Lipinski definition) is 3. The number of amides is 1. The van der Waals surface area contributed by atoms with Crippen LogP contribution in [0.1, 0.15) is 29.8 Å². The van der Waals surface area contributed by atoms with Gasteiger partial charge in [-0.1, -0.05) is 0 Å². The molecule has 1 aliphatic carbocycles. The number of carbonyl (C=O) groups excluding carboxylic acids is 1. The molecule has 1 saturated carbocycles. The number of nitrogens with zero attached hydrogens (tertiary/aromatic N) is 1. The fourth-order valence-corrected chi connectivity index (χ4v) is 2.53. The van der Waals surface area contributed by atoms with Crippen molar-refractivity contribution in [3.63, 3.8) is 0 Å². The van der Waals surface area contributed by atoms with Crippen molar-refractivity contribution in [3.05, 3.63) is 28.1 Å². The smallest absolute Gasteiger partial charge is 0.287 e. The van der Waals surface area contributed by atoms with Crippen molar-refractivity contribution < 1.29 is 9.72 Å². The van der Waals surface area contributed by atoms with Gasteiger partial charge in [0.1, 0.15) is 5.69 Å². The maximum Gasteiger partial charge on any atom is 0.287 e. The first kappa shape index (κ1) is 12.9. The summed E-state index contributed by atoms with van der Waals surface area (Å²) in [5.74, 6) is 0.0857. The predicted molar refractivity (Wildman–Crippen MR) is 66.8 cm³/mol. The molecule has 2 unspecified atom stereocenters. The molecule has 1 fully saturated rings. The fourth-order valence-electron chi connectivity index (χ4n) is 2.15. The Kier molecular flexibility index (Phi) is 3.86. The zero-order valence-electron chi connectivity index (χ0n) is 9.69. The van der Waals surface area contributed by atoms with Crippen LogP contribution in [0.5, 0.6) is 0 Å². The Bertz CT molecular complexity index is 460. The van der Waals surface area contributed by atoms with Crippen LogP contribution in [0.2, 0.25) is 0 Å². The second-order valence-electron chi connectivity index (χ2n) is 4.52. The van der Waals surface area contributed by atoms with E-state index in [9.17, 15) is 14.9 Å². The summed E-state index contributed by atoms with van der Waals surface area (Å²) >= 11 is 5.98. The largest absolute Gasteiger partial charge is 0.351 e. The highest BCUT2D eigenvalue weighted by atomic mass is 35.5. The molecule has 6 nitrogen and oxygen atoms in total. The molecule has 1 aromatic rings. The fraction of sp³-hybridized carbons (Fsp3) is 0.545. The molecule has 0 radical (unpaired) electrons. The number of alkyl halides is 1. The Morgan fingerprint density at radius 3 is 2.94 bits per heavy atom. The minimum absolute atomic E-state index is 0.109. The molecule has 7 heteroatoms. The highest BCUT2D eigenvalue weighted by molar-refractivity contribution is 6.20. The highest BCUT2D eigenvalue weighted by Gasteiger charge is 2.23. The molecule has 2 rings (SSSR count). The minimum atomic E-state index is -0.539. The van der Waals surface area contributed by atoms with E-state index in [1.807, 2.05) is 0 Å². The maximum absolute atomic E-state index is 11.7. The van der Waals surface area contributed by atoms with Crippen molar-refractivity contribution in [2.75, 3.05) is 6.54 Å². The van der Waals surface area contributed by atoms with Crippen LogP contribution >= 0.6 is 11.6 Å². The van der Waals surface area contributed by atoms with E-state index in [1.54, 1.807) is 0 Å². The monoisotopic (exact) mass is 271 g/mol. The molecule has 1 heterocycles. The van der Waals surface area contributed by atoms with Crippen LogP contribution in [0, 0.1) is 16.0 Å². The average molecular weight is 272 g/mol. The van der Waals surface area contributed by atoms with Crippen molar-refractivity contribution >= 4 is 23.2 Å². The number of rotatable bonds is 4. The topological polar surface area (TPSA) is 88.0 Å². The molecule has 1 aromatic heterocycles. The Hall–Kier alpha value is -1.56. The van der Waals surface area contributed by atoms with Crippen molar-refractivity contribution in [2.24, 2.45) is 5.92 Å². The highest BCUT2D eigenvalue weighted by Crippen LogP contribution is 2.28. The molecule has 0 saturated heterocycles. The van der Waals surface area contributed by atoms with E-state index in [2.05, 4.69) is 10.3 Å². The van der Waals surface area contributed by atoms with Crippen molar-refractivity contribution in [3.8, 4) is 0 Å². The van der Waals surface area contributed by atoms with E-state index >= 15 is 0 Å². The van der Waals surface area contributed by atoms with Crippen LogP contribution in [0.4, 0.5) is 5.69 Å². The number of nitrogens with one attached hydrogen (secondary N) is 2. The van der Waals surface area contributed by atoms with Gasteiger partial charge in [0.2, 0.25) is 0 Å². The molecule has 98 valence electrons. The van der Waals surface area contributed by atoms with Gasteiger partial charge in [0, 0.05) is 18.0 Å². The zero-order chi connectivity index (χ0) is 13.1. The van der Waals surface area contributed by atoms with E-state index in [4.69, 9.17) is 11.6 Å². The number of H-pyrrole nitrogens is 1. The molecule has 2 atom stereocenters. The molecular weight excluding hydrogens is 258 g/mol. The Morgan fingerprint density at radius 2 is 2.39 bits per heavy atom. The van der Waals surface area contributed by atoms with Gasteiger partial charge in [-0.2, -0.15) is 0 Å². The van der Waals surface area contributed by atoms with Crippen LogP contribution in [-0.4, -0.2) is 27.7 Å². The summed E-state index contributed by atoms with van der Waals surface area (Å²) in [6, 6.07) is 1.23. The van der Waals surface area contributed by atoms with Gasteiger partial charge >= 0.3 is 0 Å². The van der Waals surface area contributed by atoms with Crippen LogP contribution in [-0.2, 0) is 0 Å². The van der Waals surface area contributed by atoms with Crippen molar-refractivity contribution in [2.45, 2.75) is 24.6 Å². The van der Waals surface area contributed by atoms with Gasteiger partial charge in [0.25, 0.3) is 11.6 Å². The zero-order valence-corrected chi connectivity index (χ0v) is 10.4. The molecule has 0 aliphatic heterocycles. The van der Waals surface area contributed by atoms with Crippen LogP contribution < -0.4 is 5.32 Å². The number of hydrogen-bond donors (Lipinski definition) is 2. The summed E-state index contributed by atoms with van der Waals surface area (Å²) in [5.41, 5.74) is 0.101. The second kappa shape index (κ2) is 5.39. The second-order valence-corrected chi connectivity index (χ2v) is 5.13. The lowest BCUT2D eigenvalue weighted by Gasteiger charge is -2.09. The van der Waals surface area contributed by atoms with E-state index in [0.29, 0.717) is 12.5 Å². The van der Waals surface area contributed by atoms with E-state index in [1.165, 1.54) is 12.3 Å². The van der Waals surface area contributed by atoms with Gasteiger partial charge in [-0.05, 0) is 25.2 Å². The molecule has 1 aliphatic rings. The first-order valence-corrected chi connectivity index (χ1v) is 6.25. The molecular formula is C11H14ClN3O3. The van der Waals surface area contributed by atoms with Gasteiger partial charge < -0.3 is 10.3 Å². The Labute approximate surface area is 109 Å².